The van der Waals surface area contributed by atoms with Crippen molar-refractivity contribution in [2.45, 2.75) is 203 Å². The SMILES string of the molecule is CC[C@H](CC(C)C)C(=O)N[C@H]1C(=O)C[C@@H](CC(=O)NC(=O)NC2C3CC4CC(C3)CC2C4)C(=O)N[C@H]2C(=O)C[C@@H]3C(=O)N[C@H](C(=O)N[C@H](C(=O)CC4C5CC6CC(C5)CC4C6)c4cc(O)cc(O)c4-c4cc3ccc4O)[C@H](O)c3ccc(c(Cl)c3)Oc3cc2cc(c3O[C@@H]2O[C@H](CO)[C@@H](O)[C@H](O)[C@H]2O)Oc2ccc(cc2Cl)[C@H]1O. The predicted molar refractivity (Wildman–Crippen MR) is 407 cm³/mol. The van der Waals surface area contributed by atoms with Crippen LogP contribution in [0.5, 0.6) is 46.0 Å². The molecule has 5 aromatic carbocycles. The first-order valence-electron chi connectivity index (χ1n) is 39.7. The van der Waals surface area contributed by atoms with Gasteiger partial charge < -0.3 is 91.5 Å². The van der Waals surface area contributed by atoms with E-state index in [2.05, 4.69) is 31.9 Å². The van der Waals surface area contributed by atoms with E-state index < -0.39 is 198 Å². The molecule has 6 heterocycles. The number of nitrogens with one attached hydrogen (secondary N) is 6. The normalized spacial score (nSPS) is 33.1. The Balaban J connectivity index is 0.894. The summed E-state index contributed by atoms with van der Waals surface area (Å²) in [4.78, 5) is 139. The molecule has 114 heavy (non-hydrogen) atoms. The van der Waals surface area contributed by atoms with Crippen LogP contribution >= 0.6 is 23.2 Å². The average molecular weight is 1610 g/mol. The van der Waals surface area contributed by atoms with E-state index in [1.165, 1.54) is 48.5 Å². The van der Waals surface area contributed by atoms with Gasteiger partial charge in [-0.1, -0.05) is 62.2 Å². The lowest BCUT2D eigenvalue weighted by Crippen LogP contribution is -2.60. The molecule has 0 spiro atoms. The summed E-state index contributed by atoms with van der Waals surface area (Å²) in [5.41, 5.74) is -1.47. The van der Waals surface area contributed by atoms with Gasteiger partial charge in [0.25, 0.3) is 0 Å². The van der Waals surface area contributed by atoms with Gasteiger partial charge in [0.15, 0.2) is 28.8 Å². The van der Waals surface area contributed by atoms with E-state index in [-0.39, 0.29) is 108 Å². The minimum Gasteiger partial charge on any atom is -0.508 e. The number of amides is 7. The molecule has 28 nitrogen and oxygen atoms in total. The van der Waals surface area contributed by atoms with Gasteiger partial charge in [-0.25, -0.2) is 4.79 Å². The van der Waals surface area contributed by atoms with E-state index in [0.29, 0.717) is 36.5 Å². The Morgan fingerprint density at radius 1 is 0.596 bits per heavy atom. The molecule has 14 atom stereocenters. The first-order valence-corrected chi connectivity index (χ1v) is 40.4. The summed E-state index contributed by atoms with van der Waals surface area (Å²) in [6.07, 6.45) is -6.76. The van der Waals surface area contributed by atoms with Crippen molar-refractivity contribution in [2.75, 3.05) is 6.61 Å². The number of imide groups is 1. The van der Waals surface area contributed by atoms with Crippen molar-refractivity contribution < 1.29 is 108 Å². The third kappa shape index (κ3) is 16.1. The van der Waals surface area contributed by atoms with Gasteiger partial charge in [-0.15, -0.1) is 0 Å². The summed E-state index contributed by atoms with van der Waals surface area (Å²) in [5.74, 6) is -14.0. The monoisotopic (exact) mass is 1610 g/mol. The molecule has 608 valence electrons. The first-order chi connectivity index (χ1) is 54.4. The quantitative estimate of drug-likeness (QED) is 0.0496. The van der Waals surface area contributed by atoms with E-state index in [4.69, 9.17) is 42.1 Å². The molecule has 15 N–H and O–H groups in total. The number of ketones is 3. The Kier molecular flexibility index (Phi) is 22.9. The molecule has 7 amide bonds. The molecule has 0 radical (unpaired) electrons. The van der Waals surface area contributed by atoms with E-state index in [9.17, 15) is 60.3 Å². The predicted octanol–water partition coefficient (Wildman–Crippen LogP) is 8.40. The second-order valence-electron chi connectivity index (χ2n) is 34.0. The molecule has 5 aromatic rings. The van der Waals surface area contributed by atoms with E-state index in [1.807, 2.05) is 13.8 Å². The van der Waals surface area contributed by atoms with Crippen molar-refractivity contribution in [3.63, 3.8) is 0 Å². The second kappa shape index (κ2) is 32.6. The molecule has 8 saturated carbocycles. The number of hydrogen-bond donors (Lipinski definition) is 15. The zero-order chi connectivity index (χ0) is 80.7. The lowest BCUT2D eigenvalue weighted by atomic mass is 9.51. The maximum absolute atomic E-state index is 16.6. The van der Waals surface area contributed by atoms with E-state index in [1.54, 1.807) is 6.92 Å². The van der Waals surface area contributed by atoms with Crippen LogP contribution in [-0.2, 0) is 43.1 Å². The van der Waals surface area contributed by atoms with Crippen LogP contribution in [-0.4, -0.2) is 154 Å². The van der Waals surface area contributed by atoms with Crippen LogP contribution in [0.3, 0.4) is 0 Å². The molecular weight excluding hydrogens is 1520 g/mol. The van der Waals surface area contributed by atoms with Crippen LogP contribution < -0.4 is 46.1 Å². The molecule has 0 unspecified atom stereocenters. The molecule has 30 heteroatoms. The minimum absolute atomic E-state index is 0.0212. The number of phenols is 3. The molecule has 1 saturated heterocycles. The molecule has 6 aliphatic heterocycles. The number of ether oxygens (including phenoxy) is 4. The van der Waals surface area contributed by atoms with Crippen LogP contribution in [0.1, 0.15) is 182 Å². The number of carbonyl (C=O) groups excluding carboxylic acids is 9. The topological polar surface area (TPSA) is 445 Å². The Labute approximate surface area is 666 Å². The van der Waals surface area contributed by atoms with Gasteiger partial charge in [0.2, 0.25) is 41.6 Å². The fraction of sp³-hybridized carbons (Fsp3) is 0.536. The van der Waals surface area contributed by atoms with Crippen molar-refractivity contribution in [2.24, 2.45) is 71.0 Å². The fourth-order valence-electron chi connectivity index (χ4n) is 20.8. The summed E-state index contributed by atoms with van der Waals surface area (Å²) >= 11 is 14.3. The summed E-state index contributed by atoms with van der Waals surface area (Å²) in [5, 5.41) is 121. The highest BCUT2D eigenvalue weighted by Gasteiger charge is 2.53. The lowest BCUT2D eigenvalue weighted by molar-refractivity contribution is -0.277. The van der Waals surface area contributed by atoms with Crippen LogP contribution in [0.4, 0.5) is 4.79 Å². The van der Waals surface area contributed by atoms with Gasteiger partial charge >= 0.3 is 6.03 Å². The van der Waals surface area contributed by atoms with Gasteiger partial charge in [-0.05, 0) is 219 Å². The lowest BCUT2D eigenvalue weighted by Gasteiger charge is -2.54. The van der Waals surface area contributed by atoms with Crippen molar-refractivity contribution in [1.29, 1.82) is 0 Å². The van der Waals surface area contributed by atoms with Crippen molar-refractivity contribution in [3.05, 3.63) is 117 Å². The van der Waals surface area contributed by atoms with E-state index in [0.717, 1.165) is 94.5 Å². The van der Waals surface area contributed by atoms with Gasteiger partial charge in [0.05, 0.1) is 28.5 Å². The highest BCUT2D eigenvalue weighted by molar-refractivity contribution is 6.32. The van der Waals surface area contributed by atoms with Crippen molar-refractivity contribution >= 4 is 76.1 Å². The number of halogens is 2. The van der Waals surface area contributed by atoms with Crippen LogP contribution in [0.15, 0.2) is 78.9 Å². The molecule has 0 aromatic heterocycles. The highest BCUT2D eigenvalue weighted by Crippen LogP contribution is 2.59. The number of hydrogen-bond acceptors (Lipinski definition) is 22. The van der Waals surface area contributed by atoms with Crippen molar-refractivity contribution in [1.82, 2.24) is 31.9 Å². The Morgan fingerprint density at radius 2 is 1.19 bits per heavy atom. The number of rotatable bonds is 14. The van der Waals surface area contributed by atoms with Gasteiger partial charge in [0, 0.05) is 54.8 Å². The minimum atomic E-state index is -2.19. The standard InChI is InChI=1S/C84H96Cl2N6O22/c1-4-39(11-34(2)3)79(106)90-71-58(97)25-48(28-66(100)87-84(110)92-68-45-18-37-13-38(20-45)21-46(68)19-37)80(107)88-69-47-26-63(111-61-9-6-41(73(71)101)23-54(61)85)78(114-83-77(105)76(104)75(103)65(33-93)113-83)64(27-47)112-62-10-7-42(24-55(62)86)74(102)72-82(109)89-70(60(99)31-50-43-14-35-12-36(16-43)17-44(50)15-35)53-29-49(94)30-57(96)67(53)52-22-40(5-8-56(52)95)51(32-59(69)98)81(108)91-72/h5-10,22-24,26-27,29-30,34-39,43-46,48,50-51,65,68-77,83,93-96,101-105H,4,11-21,25,28,31-33H2,1-3H3,(H,88,107)(H,89,109)(H,90,106)(H,91,108)(H2,87,92,100,110)/t35?,36?,37?,38?,39-,43?,44?,45?,46?,48+,50?,51+,65-,68?,69-,70+,71+,72+,73-,74-,75-,76+,77-,83+/m1/s1. The summed E-state index contributed by atoms with van der Waals surface area (Å²) < 4.78 is 25.6. The van der Waals surface area contributed by atoms with Crippen LogP contribution in [0.25, 0.3) is 11.1 Å². The van der Waals surface area contributed by atoms with E-state index >= 15 is 28.8 Å². The Bertz CT molecular complexity index is 4600. The van der Waals surface area contributed by atoms with Gasteiger partial charge in [-0.3, -0.25) is 43.7 Å². The number of benzene rings is 5. The molecule has 19 rings (SSSR count). The van der Waals surface area contributed by atoms with Crippen LogP contribution in [0, 0.1) is 71.0 Å². The number of fused-ring (bicyclic) bond motifs is 15. The third-order valence-corrected chi connectivity index (χ3v) is 26.5. The summed E-state index contributed by atoms with van der Waals surface area (Å²) in [6, 6.07) is 6.29. The largest absolute Gasteiger partial charge is 0.508 e. The second-order valence-corrected chi connectivity index (χ2v) is 34.8. The maximum Gasteiger partial charge on any atom is 0.321 e. The van der Waals surface area contributed by atoms with Crippen LogP contribution in [0.2, 0.25) is 10.0 Å². The van der Waals surface area contributed by atoms with Gasteiger partial charge in [0.1, 0.15) is 89.5 Å². The van der Waals surface area contributed by atoms with Crippen molar-refractivity contribution in [3.8, 4) is 57.1 Å². The number of aliphatic hydroxyl groups excluding tert-OH is 6. The Hall–Kier alpha value is -8.97. The first kappa shape index (κ1) is 80.2. The molecule has 19 bridgehead atoms. The number of carbonyl (C=O) groups is 9. The fourth-order valence-corrected chi connectivity index (χ4v) is 21.2. The summed E-state index contributed by atoms with van der Waals surface area (Å²) in [7, 11) is 0. The number of urea groups is 1. The third-order valence-electron chi connectivity index (χ3n) is 25.9. The number of phenolic OH excluding ortho intramolecular Hbond substituents is 3. The average Bonchev–Trinajstić information content (AvgIpc) is 0.777. The number of aromatic hydroxyl groups is 3. The summed E-state index contributed by atoms with van der Waals surface area (Å²) in [6.45, 7) is 4.62. The highest BCUT2D eigenvalue weighted by atomic mass is 35.5. The molecule has 9 fully saturated rings. The molecule has 14 aliphatic rings. The number of Topliss-reactive ketones (excluding diaryl/α,β-unsaturated/α-hetero) is 3. The zero-order valence-corrected chi connectivity index (χ0v) is 64.6. The maximum atomic E-state index is 16.6. The van der Waals surface area contributed by atoms with Gasteiger partial charge in [-0.2, -0.15) is 0 Å². The smallest absolute Gasteiger partial charge is 0.321 e. The number of aliphatic hydroxyl groups is 6. The molecular formula is C84H96Cl2N6O22. The zero-order valence-electron chi connectivity index (χ0n) is 63.0. The Morgan fingerprint density at radius 3 is 1.78 bits per heavy atom. The molecule has 8 aliphatic carbocycles.